The fourth-order valence-electron chi connectivity index (χ4n) is 2.67. The molecule has 0 saturated carbocycles. The second kappa shape index (κ2) is 6.43. The third-order valence-electron chi connectivity index (χ3n) is 4.00. The monoisotopic (exact) mass is 393 g/mol. The summed E-state index contributed by atoms with van der Waals surface area (Å²) in [5, 5.41) is 13.0. The van der Waals surface area contributed by atoms with Gasteiger partial charge in [-0.2, -0.15) is 4.39 Å². The Morgan fingerprint density at radius 3 is 2.56 bits per heavy atom. The average molecular weight is 393 g/mol. The lowest BCUT2D eigenvalue weighted by Gasteiger charge is -2.22. The Kier molecular flexibility index (Phi) is 4.39. The molecule has 0 radical (unpaired) electrons. The van der Waals surface area contributed by atoms with Crippen LogP contribution in [0.15, 0.2) is 47.4 Å². The number of benzene rings is 2. The molecule has 9 nitrogen and oxygen atoms in total. The summed E-state index contributed by atoms with van der Waals surface area (Å²) in [4.78, 5) is 34.5. The third-order valence-corrected chi connectivity index (χ3v) is 5.91. The quantitative estimate of drug-likeness (QED) is 0.624. The van der Waals surface area contributed by atoms with Gasteiger partial charge >= 0.3 is 5.69 Å². The lowest BCUT2D eigenvalue weighted by molar-refractivity contribution is -0.387. The molecule has 0 aliphatic carbocycles. The maximum atomic E-state index is 13.4. The highest BCUT2D eigenvalue weighted by Gasteiger charge is 2.45. The number of amides is 2. The molecule has 27 heavy (non-hydrogen) atoms. The number of fused-ring (bicyclic) bond motifs is 1. The van der Waals surface area contributed by atoms with Gasteiger partial charge in [-0.05, 0) is 31.2 Å². The van der Waals surface area contributed by atoms with Crippen molar-refractivity contribution in [1.82, 2.24) is 4.31 Å². The van der Waals surface area contributed by atoms with Crippen LogP contribution in [0.2, 0.25) is 0 Å². The van der Waals surface area contributed by atoms with Crippen LogP contribution in [0.1, 0.15) is 17.3 Å². The number of nitro groups is 1. The maximum Gasteiger partial charge on any atom is 0.306 e. The number of hydrogen-bond acceptors (Lipinski definition) is 6. The SMILES string of the molecule is C[C@@H](C(=O)Nc1ccc(F)c([N+](=O)[O-])c1)N1C(=O)c2ccccc2S1(=O)=O. The number of hydrogen-bond donors (Lipinski definition) is 1. The molecule has 1 aliphatic rings. The average Bonchev–Trinajstić information content (AvgIpc) is 2.82. The number of nitrogens with one attached hydrogen (secondary N) is 1. The summed E-state index contributed by atoms with van der Waals surface area (Å²) >= 11 is 0. The van der Waals surface area contributed by atoms with Gasteiger partial charge in [-0.3, -0.25) is 19.7 Å². The van der Waals surface area contributed by atoms with Crippen molar-refractivity contribution < 1.29 is 27.3 Å². The zero-order valence-corrected chi connectivity index (χ0v) is 14.6. The molecule has 1 aliphatic heterocycles. The van der Waals surface area contributed by atoms with Crippen molar-refractivity contribution >= 4 is 33.2 Å². The van der Waals surface area contributed by atoms with Crippen LogP contribution in [0.5, 0.6) is 0 Å². The van der Waals surface area contributed by atoms with E-state index in [0.717, 1.165) is 18.2 Å². The Bertz CT molecular complexity index is 1090. The first-order chi connectivity index (χ1) is 12.6. The van der Waals surface area contributed by atoms with E-state index in [2.05, 4.69) is 5.32 Å². The first-order valence-electron chi connectivity index (χ1n) is 7.57. The van der Waals surface area contributed by atoms with Gasteiger partial charge in [0.15, 0.2) is 0 Å². The van der Waals surface area contributed by atoms with E-state index >= 15 is 0 Å². The summed E-state index contributed by atoms with van der Waals surface area (Å²) in [6.45, 7) is 1.20. The minimum Gasteiger partial charge on any atom is -0.324 e. The highest BCUT2D eigenvalue weighted by Crippen LogP contribution is 2.32. The molecule has 0 saturated heterocycles. The molecule has 3 rings (SSSR count). The van der Waals surface area contributed by atoms with Crippen molar-refractivity contribution in [2.45, 2.75) is 17.9 Å². The van der Waals surface area contributed by atoms with Crippen LogP contribution in [0.3, 0.4) is 0 Å². The van der Waals surface area contributed by atoms with Crippen LogP contribution < -0.4 is 5.32 Å². The van der Waals surface area contributed by atoms with Crippen molar-refractivity contribution in [2.24, 2.45) is 0 Å². The van der Waals surface area contributed by atoms with Gasteiger partial charge in [0.05, 0.1) is 10.5 Å². The molecular weight excluding hydrogens is 381 g/mol. The molecule has 0 aromatic heterocycles. The molecule has 140 valence electrons. The van der Waals surface area contributed by atoms with Crippen molar-refractivity contribution in [3.8, 4) is 0 Å². The number of rotatable bonds is 4. The van der Waals surface area contributed by atoms with E-state index in [1.807, 2.05) is 0 Å². The predicted molar refractivity (Wildman–Crippen MR) is 90.9 cm³/mol. The fraction of sp³-hybridized carbons (Fsp3) is 0.125. The van der Waals surface area contributed by atoms with Crippen LogP contribution in [0.4, 0.5) is 15.8 Å². The Morgan fingerprint density at radius 2 is 1.93 bits per heavy atom. The second-order valence-electron chi connectivity index (χ2n) is 5.69. The van der Waals surface area contributed by atoms with Crippen LogP contribution in [0, 0.1) is 15.9 Å². The fourth-order valence-corrected chi connectivity index (χ4v) is 4.39. The van der Waals surface area contributed by atoms with Crippen LogP contribution in [-0.2, 0) is 14.8 Å². The predicted octanol–water partition coefficient (Wildman–Crippen LogP) is 1.91. The van der Waals surface area contributed by atoms with Gasteiger partial charge in [0.1, 0.15) is 10.9 Å². The van der Waals surface area contributed by atoms with E-state index in [1.54, 1.807) is 0 Å². The number of sulfonamides is 1. The number of carbonyl (C=O) groups is 2. The summed E-state index contributed by atoms with van der Waals surface area (Å²) in [5.41, 5.74) is -1.01. The summed E-state index contributed by atoms with van der Waals surface area (Å²) < 4.78 is 39.0. The van der Waals surface area contributed by atoms with E-state index in [0.29, 0.717) is 4.31 Å². The highest BCUT2D eigenvalue weighted by molar-refractivity contribution is 7.90. The van der Waals surface area contributed by atoms with Gasteiger partial charge in [-0.1, -0.05) is 12.1 Å². The van der Waals surface area contributed by atoms with Gasteiger partial charge in [0, 0.05) is 11.8 Å². The van der Waals surface area contributed by atoms with Crippen LogP contribution in [0.25, 0.3) is 0 Å². The molecule has 2 aromatic carbocycles. The lowest BCUT2D eigenvalue weighted by Crippen LogP contribution is -2.45. The molecule has 1 atom stereocenters. The first-order valence-corrected chi connectivity index (χ1v) is 9.01. The van der Waals surface area contributed by atoms with E-state index in [4.69, 9.17) is 0 Å². The van der Waals surface area contributed by atoms with Crippen LogP contribution >= 0.6 is 0 Å². The zero-order chi connectivity index (χ0) is 19.9. The first kappa shape index (κ1) is 18.5. The van der Waals surface area contributed by atoms with Crippen molar-refractivity contribution in [2.75, 3.05) is 5.32 Å². The summed E-state index contributed by atoms with van der Waals surface area (Å²) in [6.07, 6.45) is 0. The molecule has 2 aromatic rings. The smallest absolute Gasteiger partial charge is 0.306 e. The normalized spacial score (nSPS) is 15.9. The van der Waals surface area contributed by atoms with Crippen LogP contribution in [-0.4, -0.2) is 35.5 Å². The van der Waals surface area contributed by atoms with E-state index in [9.17, 15) is 32.5 Å². The second-order valence-corrected chi connectivity index (χ2v) is 7.47. The molecule has 11 heteroatoms. The van der Waals surface area contributed by atoms with Gasteiger partial charge in [-0.25, -0.2) is 12.7 Å². The van der Waals surface area contributed by atoms with Gasteiger partial charge in [0.2, 0.25) is 11.7 Å². The van der Waals surface area contributed by atoms with Crippen molar-refractivity contribution in [1.29, 1.82) is 0 Å². The molecule has 1 heterocycles. The molecule has 1 N–H and O–H groups in total. The standard InChI is InChI=1S/C16H12FN3O6S/c1-9(15(21)18-10-6-7-12(17)13(8-10)20(23)24)19-16(22)11-4-2-3-5-14(11)27(19,25)26/h2-9H,1H3,(H,18,21)/t9-/m0/s1. The van der Waals surface area contributed by atoms with Gasteiger partial charge in [0.25, 0.3) is 15.9 Å². The van der Waals surface area contributed by atoms with Crippen molar-refractivity contribution in [3.63, 3.8) is 0 Å². The number of carbonyl (C=O) groups excluding carboxylic acids is 2. The third kappa shape index (κ3) is 3.01. The molecule has 0 unspecified atom stereocenters. The Labute approximate surface area is 152 Å². The summed E-state index contributed by atoms with van der Waals surface area (Å²) in [5.74, 6) is -2.84. The molecule has 2 amide bonds. The van der Waals surface area contributed by atoms with Crippen molar-refractivity contribution in [3.05, 3.63) is 64.0 Å². The molecular formula is C16H12FN3O6S. The van der Waals surface area contributed by atoms with Gasteiger partial charge in [-0.15, -0.1) is 0 Å². The molecule has 0 bridgehead atoms. The van der Waals surface area contributed by atoms with E-state index in [-0.39, 0.29) is 16.1 Å². The topological polar surface area (TPSA) is 127 Å². The van der Waals surface area contributed by atoms with Gasteiger partial charge < -0.3 is 5.32 Å². The summed E-state index contributed by atoms with van der Waals surface area (Å²) in [6, 6.07) is 6.80. The Morgan fingerprint density at radius 1 is 1.26 bits per heavy atom. The lowest BCUT2D eigenvalue weighted by atomic mass is 10.2. The number of nitro benzene ring substituents is 1. The largest absolute Gasteiger partial charge is 0.324 e. The molecule has 0 spiro atoms. The highest BCUT2D eigenvalue weighted by atomic mass is 32.2. The minimum absolute atomic E-state index is 0.0467. The Balaban J connectivity index is 1.88. The summed E-state index contributed by atoms with van der Waals surface area (Å²) in [7, 11) is -4.21. The zero-order valence-electron chi connectivity index (χ0n) is 13.7. The van der Waals surface area contributed by atoms with E-state index in [1.165, 1.54) is 31.2 Å². The number of nitrogens with zero attached hydrogens (tertiary/aromatic N) is 2. The van der Waals surface area contributed by atoms with E-state index < -0.39 is 44.3 Å². The maximum absolute atomic E-state index is 13.4. The number of halogens is 1. The minimum atomic E-state index is -4.21. The Hall–Kier alpha value is -3.34. The molecule has 0 fully saturated rings. The number of anilines is 1.